The Bertz CT molecular complexity index is 1650. The van der Waals surface area contributed by atoms with Crippen LogP contribution in [0.25, 0.3) is 0 Å². The number of rotatable bonds is 3. The van der Waals surface area contributed by atoms with Gasteiger partial charge in [-0.1, -0.05) is 47.1 Å². The molecule has 0 fully saturated rings. The largest absolute Gasteiger partial charge is 0.491 e. The van der Waals surface area contributed by atoms with Gasteiger partial charge in [-0.3, -0.25) is 24.0 Å². The number of amides is 5. The van der Waals surface area contributed by atoms with Crippen molar-refractivity contribution in [1.29, 1.82) is 0 Å². The fourth-order valence-corrected chi connectivity index (χ4v) is 4.92. The van der Waals surface area contributed by atoms with Gasteiger partial charge < -0.3 is 36.4 Å². The predicted octanol–water partition coefficient (Wildman–Crippen LogP) is 0.247. The highest BCUT2D eigenvalue weighted by Gasteiger charge is 2.37. The van der Waals surface area contributed by atoms with E-state index in [0.717, 1.165) is 5.56 Å². The Kier molecular flexibility index (Phi) is 11.7. The Balaban J connectivity index is 1.63. The van der Waals surface area contributed by atoms with E-state index in [2.05, 4.69) is 36.9 Å². The average Bonchev–Trinajstić information content (AvgIpc) is 3.49. The number of carbonyl (C=O) groups is 5. The number of halogens is 1. The van der Waals surface area contributed by atoms with Gasteiger partial charge in [0.2, 0.25) is 23.6 Å². The molecule has 6 N–H and O–H groups in total. The van der Waals surface area contributed by atoms with Gasteiger partial charge in [-0.2, -0.15) is 0 Å². The summed E-state index contributed by atoms with van der Waals surface area (Å²) < 4.78 is 7.35. The van der Waals surface area contributed by atoms with Crippen molar-refractivity contribution in [3.05, 3.63) is 76.6 Å². The van der Waals surface area contributed by atoms with Crippen molar-refractivity contribution in [3.8, 4) is 5.75 Å². The zero-order chi connectivity index (χ0) is 35.0. The van der Waals surface area contributed by atoms with Crippen LogP contribution < -0.4 is 31.3 Å². The summed E-state index contributed by atoms with van der Waals surface area (Å²) in [6.07, 6.45) is 0.346. The fraction of sp³-hybridized carbons (Fsp3) is 0.406. The summed E-state index contributed by atoms with van der Waals surface area (Å²) in [5.41, 5.74) is -0.329. The maximum atomic E-state index is 13.5. The van der Waals surface area contributed by atoms with Crippen LogP contribution in [0.3, 0.4) is 0 Å². The van der Waals surface area contributed by atoms with Crippen LogP contribution in [0.4, 0.5) is 0 Å². The lowest BCUT2D eigenvalue weighted by Crippen LogP contribution is -2.63. The number of nitrogens with one attached hydrogen (secondary N) is 5. The molecular formula is C32H39ClN8O7. The van der Waals surface area contributed by atoms with Gasteiger partial charge in [-0.25, -0.2) is 4.68 Å². The van der Waals surface area contributed by atoms with Crippen molar-refractivity contribution in [2.75, 3.05) is 6.61 Å². The van der Waals surface area contributed by atoms with Crippen LogP contribution in [0, 0.1) is 0 Å². The summed E-state index contributed by atoms with van der Waals surface area (Å²) in [4.78, 5) is 66.5. The molecule has 0 spiro atoms. The number of hydrogen-bond donors (Lipinski definition) is 6. The summed E-state index contributed by atoms with van der Waals surface area (Å²) in [5.74, 6) is -3.30. The van der Waals surface area contributed by atoms with Crippen molar-refractivity contribution in [2.24, 2.45) is 0 Å². The molecule has 1 aromatic heterocycles. The molecule has 4 rings (SSSR count). The molecule has 0 saturated carbocycles. The lowest BCUT2D eigenvalue weighted by molar-refractivity contribution is -0.137. The third-order valence-corrected chi connectivity index (χ3v) is 7.74. The minimum Gasteiger partial charge on any atom is -0.491 e. The molecule has 0 unspecified atom stereocenters. The quantitative estimate of drug-likeness (QED) is 0.224. The van der Waals surface area contributed by atoms with Gasteiger partial charge in [0, 0.05) is 11.4 Å². The Morgan fingerprint density at radius 2 is 1.75 bits per heavy atom. The second-order valence-electron chi connectivity index (χ2n) is 11.9. The van der Waals surface area contributed by atoms with Gasteiger partial charge in [-0.05, 0) is 51.5 Å². The summed E-state index contributed by atoms with van der Waals surface area (Å²) in [6.45, 7) is 5.86. The molecule has 48 heavy (non-hydrogen) atoms. The molecule has 2 heterocycles. The van der Waals surface area contributed by atoms with E-state index in [1.54, 1.807) is 36.5 Å². The molecule has 0 radical (unpaired) electrons. The van der Waals surface area contributed by atoms with Gasteiger partial charge >= 0.3 is 0 Å². The van der Waals surface area contributed by atoms with E-state index >= 15 is 0 Å². The van der Waals surface area contributed by atoms with E-state index in [0.29, 0.717) is 5.69 Å². The number of ether oxygens (including phenoxy) is 1. The highest BCUT2D eigenvalue weighted by Crippen LogP contribution is 2.23. The van der Waals surface area contributed by atoms with E-state index in [-0.39, 0.29) is 42.5 Å². The Hall–Kier alpha value is -5.02. The highest BCUT2D eigenvalue weighted by atomic mass is 35.5. The molecule has 2 bridgehead atoms. The summed E-state index contributed by atoms with van der Waals surface area (Å²) >= 11 is 6.15. The summed E-state index contributed by atoms with van der Waals surface area (Å²) in [7, 11) is 0. The second kappa shape index (κ2) is 15.7. The van der Waals surface area contributed by atoms with E-state index in [4.69, 9.17) is 16.3 Å². The van der Waals surface area contributed by atoms with Gasteiger partial charge in [-0.15, -0.1) is 5.10 Å². The highest BCUT2D eigenvalue weighted by molar-refractivity contribution is 6.31. The molecule has 1 aliphatic heterocycles. The molecule has 4 atom stereocenters. The molecule has 0 saturated heterocycles. The maximum Gasteiger partial charge on any atom is 0.255 e. The summed E-state index contributed by atoms with van der Waals surface area (Å²) in [6, 6.07) is 9.80. The molecular weight excluding hydrogens is 644 g/mol. The van der Waals surface area contributed by atoms with Crippen LogP contribution in [0.1, 0.15) is 49.3 Å². The number of carbonyl (C=O) groups excluding carboxylic acids is 5. The first-order valence-corrected chi connectivity index (χ1v) is 15.7. The Morgan fingerprint density at radius 1 is 1.02 bits per heavy atom. The summed E-state index contributed by atoms with van der Waals surface area (Å²) in [5, 5.41) is 31.9. The number of hydrogen-bond acceptors (Lipinski definition) is 9. The standard InChI is InChI=1S/C32H39ClN8O7/c1-18-27(43)38-32(3,4)31(47)37-26(19(2)42)30(46)36-24(14-20-8-6-5-7-9-20)29(45)34-16-22-17-41(40-39-22)12-13-48-25-11-10-21(33)15-23(25)28(44)35-18/h5-11,15,17-19,24,26,42H,12-14,16H2,1-4H3,(H,34,45)(H,35,44)(H,36,46)(H,37,47)(H,38,43)/t18-,19+,24-,26-/m0/s1. The third kappa shape index (κ3) is 9.51. The van der Waals surface area contributed by atoms with Gasteiger partial charge in [0.25, 0.3) is 5.91 Å². The predicted molar refractivity (Wildman–Crippen MR) is 174 cm³/mol. The molecule has 1 aliphatic rings. The maximum absolute atomic E-state index is 13.5. The van der Waals surface area contributed by atoms with Crippen molar-refractivity contribution >= 4 is 41.1 Å². The van der Waals surface area contributed by atoms with Crippen LogP contribution in [0.2, 0.25) is 5.02 Å². The first-order chi connectivity index (χ1) is 22.7. The van der Waals surface area contributed by atoms with Crippen molar-refractivity contribution < 1.29 is 33.8 Å². The van der Waals surface area contributed by atoms with E-state index in [1.807, 2.05) is 6.07 Å². The zero-order valence-electron chi connectivity index (χ0n) is 27.0. The molecule has 0 aliphatic carbocycles. The minimum absolute atomic E-state index is 0.00894. The number of aliphatic hydroxyl groups is 1. The lowest BCUT2D eigenvalue weighted by Gasteiger charge is -2.30. The van der Waals surface area contributed by atoms with Crippen molar-refractivity contribution in [3.63, 3.8) is 0 Å². The molecule has 5 amide bonds. The number of benzene rings is 2. The second-order valence-corrected chi connectivity index (χ2v) is 12.4. The lowest BCUT2D eigenvalue weighted by atomic mass is 10.0. The van der Waals surface area contributed by atoms with Crippen LogP contribution in [0.5, 0.6) is 5.75 Å². The smallest absolute Gasteiger partial charge is 0.255 e. The Labute approximate surface area is 282 Å². The Morgan fingerprint density at radius 3 is 2.46 bits per heavy atom. The molecule has 16 heteroatoms. The van der Waals surface area contributed by atoms with E-state index in [9.17, 15) is 29.1 Å². The normalized spacial score (nSPS) is 22.0. The topological polar surface area (TPSA) is 206 Å². The molecule has 3 aromatic rings. The van der Waals surface area contributed by atoms with Crippen LogP contribution in [-0.2, 0) is 38.7 Å². The third-order valence-electron chi connectivity index (χ3n) is 7.51. The van der Waals surface area contributed by atoms with Gasteiger partial charge in [0.05, 0.1) is 31.0 Å². The zero-order valence-corrected chi connectivity index (χ0v) is 27.7. The van der Waals surface area contributed by atoms with E-state index < -0.39 is 59.3 Å². The van der Waals surface area contributed by atoms with Crippen molar-refractivity contribution in [1.82, 2.24) is 41.6 Å². The number of nitrogens with zero attached hydrogens (tertiary/aromatic N) is 3. The fourth-order valence-electron chi connectivity index (χ4n) is 4.74. The van der Waals surface area contributed by atoms with Crippen molar-refractivity contribution in [2.45, 2.75) is 77.0 Å². The molecule has 15 nitrogen and oxygen atoms in total. The van der Waals surface area contributed by atoms with Gasteiger partial charge in [0.1, 0.15) is 41.7 Å². The molecule has 2 aromatic carbocycles. The average molecular weight is 683 g/mol. The van der Waals surface area contributed by atoms with Crippen LogP contribution >= 0.6 is 11.6 Å². The number of aromatic nitrogens is 3. The SMILES string of the molecule is C[C@@H]1NC(=O)c2cc(Cl)ccc2OCCn2cc(nn2)CNC(=O)[C@H](Cc2ccccc2)NC(=O)[C@H]([C@@H](C)O)NC(=O)C(C)(C)NC1=O. The number of fused-ring (bicyclic) bond motifs is 3. The van der Waals surface area contributed by atoms with E-state index in [1.165, 1.54) is 44.5 Å². The number of aliphatic hydroxyl groups excluding tert-OH is 1. The monoisotopic (exact) mass is 682 g/mol. The van der Waals surface area contributed by atoms with Crippen LogP contribution in [-0.4, -0.2) is 86.0 Å². The molecule has 256 valence electrons. The van der Waals surface area contributed by atoms with Gasteiger partial charge in [0.15, 0.2) is 0 Å². The van der Waals surface area contributed by atoms with Crippen LogP contribution in [0.15, 0.2) is 54.7 Å². The minimum atomic E-state index is -1.60. The first-order valence-electron chi connectivity index (χ1n) is 15.3. The first kappa shape index (κ1) is 35.8.